The zero-order chi connectivity index (χ0) is 23.5. The molecule has 0 aliphatic carbocycles. The van der Waals surface area contributed by atoms with E-state index < -0.39 is 0 Å². The van der Waals surface area contributed by atoms with Crippen molar-refractivity contribution in [2.75, 3.05) is 5.75 Å². The second-order valence-corrected chi connectivity index (χ2v) is 10.7. The van der Waals surface area contributed by atoms with Crippen molar-refractivity contribution in [2.24, 2.45) is 5.92 Å². The largest absolute Gasteiger partial charge is 0.353 e. The van der Waals surface area contributed by atoms with Crippen LogP contribution in [0.4, 0.5) is 0 Å². The van der Waals surface area contributed by atoms with Gasteiger partial charge in [-0.25, -0.2) is 0 Å². The highest BCUT2D eigenvalue weighted by Gasteiger charge is 2.19. The van der Waals surface area contributed by atoms with E-state index in [1.165, 1.54) is 17.3 Å². The van der Waals surface area contributed by atoms with Gasteiger partial charge in [0.05, 0.1) is 5.75 Å². The lowest BCUT2D eigenvalue weighted by Gasteiger charge is -2.19. The van der Waals surface area contributed by atoms with E-state index >= 15 is 0 Å². The van der Waals surface area contributed by atoms with Crippen LogP contribution in [-0.4, -0.2) is 32.5 Å². The van der Waals surface area contributed by atoms with Crippen molar-refractivity contribution in [1.82, 2.24) is 20.1 Å². The first-order chi connectivity index (χ1) is 15.1. The molecule has 1 amide bonds. The SMILES string of the molecule is CC(C)C(C)NC(=O)CSc1nnc(-c2ccc(C(C)(C)C)cc2)n1-c1ccc(Cl)cc1. The first kappa shape index (κ1) is 24.3. The lowest BCUT2D eigenvalue weighted by Crippen LogP contribution is -2.37. The monoisotopic (exact) mass is 470 g/mol. The molecule has 1 N–H and O–H groups in total. The fourth-order valence-electron chi connectivity index (χ4n) is 3.08. The van der Waals surface area contributed by atoms with Crippen LogP contribution in [0.15, 0.2) is 53.7 Å². The van der Waals surface area contributed by atoms with Gasteiger partial charge in [-0.1, -0.05) is 82.2 Å². The van der Waals surface area contributed by atoms with Crippen molar-refractivity contribution < 1.29 is 4.79 Å². The smallest absolute Gasteiger partial charge is 0.230 e. The van der Waals surface area contributed by atoms with Crippen molar-refractivity contribution in [1.29, 1.82) is 0 Å². The van der Waals surface area contributed by atoms with E-state index in [9.17, 15) is 4.79 Å². The molecule has 0 radical (unpaired) electrons. The summed E-state index contributed by atoms with van der Waals surface area (Å²) in [5, 5.41) is 13.2. The summed E-state index contributed by atoms with van der Waals surface area (Å²) in [5.41, 5.74) is 3.19. The third-order valence-electron chi connectivity index (χ3n) is 5.45. The third-order valence-corrected chi connectivity index (χ3v) is 6.63. The highest BCUT2D eigenvalue weighted by molar-refractivity contribution is 7.99. The number of carbonyl (C=O) groups is 1. The summed E-state index contributed by atoms with van der Waals surface area (Å²) in [5.74, 6) is 1.36. The van der Waals surface area contributed by atoms with E-state index in [2.05, 4.69) is 74.4 Å². The van der Waals surface area contributed by atoms with Gasteiger partial charge in [0.15, 0.2) is 11.0 Å². The summed E-state index contributed by atoms with van der Waals surface area (Å²) >= 11 is 7.48. The van der Waals surface area contributed by atoms with Gasteiger partial charge in [-0.05, 0) is 48.1 Å². The molecular weight excluding hydrogens is 440 g/mol. The van der Waals surface area contributed by atoms with Crippen molar-refractivity contribution in [2.45, 2.75) is 58.2 Å². The fourth-order valence-corrected chi connectivity index (χ4v) is 3.97. The first-order valence-corrected chi connectivity index (χ1v) is 12.2. The van der Waals surface area contributed by atoms with Crippen LogP contribution in [-0.2, 0) is 10.2 Å². The van der Waals surface area contributed by atoms with Crippen molar-refractivity contribution in [3.05, 3.63) is 59.1 Å². The Kier molecular flexibility index (Phi) is 7.67. The van der Waals surface area contributed by atoms with E-state index in [-0.39, 0.29) is 23.1 Å². The maximum atomic E-state index is 12.4. The summed E-state index contributed by atoms with van der Waals surface area (Å²) in [7, 11) is 0. The van der Waals surface area contributed by atoms with Gasteiger partial charge in [0.25, 0.3) is 0 Å². The Morgan fingerprint density at radius 1 is 1.03 bits per heavy atom. The molecular formula is C25H31ClN4OS. The average Bonchev–Trinajstić information content (AvgIpc) is 3.16. The molecule has 1 heterocycles. The van der Waals surface area contributed by atoms with Gasteiger partial charge >= 0.3 is 0 Å². The fraction of sp³-hybridized carbons (Fsp3) is 0.400. The minimum atomic E-state index is -0.0158. The molecule has 1 atom stereocenters. The number of nitrogens with zero attached hydrogens (tertiary/aromatic N) is 3. The third kappa shape index (κ3) is 5.93. The number of halogens is 1. The Hall–Kier alpha value is -2.31. The number of amides is 1. The second-order valence-electron chi connectivity index (χ2n) is 9.33. The Morgan fingerprint density at radius 3 is 2.22 bits per heavy atom. The molecule has 2 aromatic carbocycles. The number of hydrogen-bond acceptors (Lipinski definition) is 4. The van der Waals surface area contributed by atoms with Gasteiger partial charge < -0.3 is 5.32 Å². The van der Waals surface area contributed by atoms with E-state index in [0.29, 0.717) is 16.1 Å². The van der Waals surface area contributed by atoms with Crippen LogP contribution in [0, 0.1) is 5.92 Å². The highest BCUT2D eigenvalue weighted by atomic mass is 35.5. The average molecular weight is 471 g/mol. The summed E-state index contributed by atoms with van der Waals surface area (Å²) in [4.78, 5) is 12.4. The van der Waals surface area contributed by atoms with Crippen LogP contribution in [0.25, 0.3) is 17.1 Å². The van der Waals surface area contributed by atoms with Gasteiger partial charge in [0.1, 0.15) is 0 Å². The lowest BCUT2D eigenvalue weighted by atomic mass is 9.87. The minimum absolute atomic E-state index is 0.0158. The van der Waals surface area contributed by atoms with Crippen LogP contribution in [0.5, 0.6) is 0 Å². The number of benzene rings is 2. The Labute approximate surface area is 200 Å². The normalized spacial score (nSPS) is 12.8. The van der Waals surface area contributed by atoms with E-state index in [1.807, 2.05) is 35.8 Å². The molecule has 0 fully saturated rings. The quantitative estimate of drug-likeness (QED) is 0.421. The number of aromatic nitrogens is 3. The number of thioether (sulfide) groups is 1. The molecule has 1 aromatic heterocycles. The summed E-state index contributed by atoms with van der Waals surface area (Å²) < 4.78 is 1.98. The van der Waals surface area contributed by atoms with Crippen LogP contribution in [0.2, 0.25) is 5.02 Å². The highest BCUT2D eigenvalue weighted by Crippen LogP contribution is 2.30. The predicted molar refractivity (Wildman–Crippen MR) is 134 cm³/mol. The summed E-state index contributed by atoms with van der Waals surface area (Å²) in [6.45, 7) is 12.8. The molecule has 5 nitrogen and oxygen atoms in total. The minimum Gasteiger partial charge on any atom is -0.353 e. The van der Waals surface area contributed by atoms with Gasteiger partial charge in [-0.3, -0.25) is 9.36 Å². The Bertz CT molecular complexity index is 1050. The number of carbonyl (C=O) groups excluding carboxylic acids is 1. The van der Waals surface area contributed by atoms with Gasteiger partial charge in [-0.15, -0.1) is 10.2 Å². The first-order valence-electron chi connectivity index (χ1n) is 10.8. The number of nitrogens with one attached hydrogen (secondary N) is 1. The van der Waals surface area contributed by atoms with E-state index in [1.54, 1.807) is 0 Å². The maximum Gasteiger partial charge on any atom is 0.230 e. The second kappa shape index (κ2) is 10.1. The number of hydrogen-bond donors (Lipinski definition) is 1. The van der Waals surface area contributed by atoms with E-state index in [0.717, 1.165) is 17.1 Å². The molecule has 0 aliphatic heterocycles. The lowest BCUT2D eigenvalue weighted by molar-refractivity contribution is -0.119. The van der Waals surface area contributed by atoms with Crippen molar-refractivity contribution in [3.63, 3.8) is 0 Å². The molecule has 32 heavy (non-hydrogen) atoms. The summed E-state index contributed by atoms with van der Waals surface area (Å²) in [6, 6.07) is 16.1. The molecule has 0 spiro atoms. The van der Waals surface area contributed by atoms with Crippen LogP contribution in [0.3, 0.4) is 0 Å². The molecule has 3 aromatic rings. The molecule has 0 bridgehead atoms. The van der Waals surface area contributed by atoms with Gasteiger partial charge in [0, 0.05) is 22.3 Å². The van der Waals surface area contributed by atoms with Crippen molar-refractivity contribution >= 4 is 29.3 Å². The van der Waals surface area contributed by atoms with E-state index in [4.69, 9.17) is 11.6 Å². The zero-order valence-corrected chi connectivity index (χ0v) is 21.1. The van der Waals surface area contributed by atoms with Crippen LogP contribution in [0.1, 0.15) is 47.1 Å². The molecule has 0 saturated heterocycles. The molecule has 0 aliphatic rings. The van der Waals surface area contributed by atoms with Gasteiger partial charge in [-0.2, -0.15) is 0 Å². The summed E-state index contributed by atoms with van der Waals surface area (Å²) in [6.07, 6.45) is 0. The molecule has 0 saturated carbocycles. The molecule has 3 rings (SSSR count). The number of rotatable bonds is 7. The van der Waals surface area contributed by atoms with Crippen LogP contribution >= 0.6 is 23.4 Å². The molecule has 1 unspecified atom stereocenters. The van der Waals surface area contributed by atoms with Gasteiger partial charge in [0.2, 0.25) is 5.91 Å². The zero-order valence-electron chi connectivity index (χ0n) is 19.5. The topological polar surface area (TPSA) is 59.8 Å². The Morgan fingerprint density at radius 2 is 1.66 bits per heavy atom. The molecule has 170 valence electrons. The van der Waals surface area contributed by atoms with Crippen LogP contribution < -0.4 is 5.32 Å². The van der Waals surface area contributed by atoms with Crippen molar-refractivity contribution in [3.8, 4) is 17.1 Å². The standard InChI is InChI=1S/C25H31ClN4OS/c1-16(2)17(3)27-22(31)15-32-24-29-28-23(30(24)21-13-11-20(26)12-14-21)18-7-9-19(10-8-18)25(4,5)6/h7-14,16-17H,15H2,1-6H3,(H,27,31). The molecule has 7 heteroatoms. The maximum absolute atomic E-state index is 12.4. The Balaban J connectivity index is 1.92. The predicted octanol–water partition coefficient (Wildman–Crippen LogP) is 6.14.